The lowest BCUT2D eigenvalue weighted by molar-refractivity contribution is -0.152. The number of benzene rings is 4. The van der Waals surface area contributed by atoms with Crippen molar-refractivity contribution in [2.75, 3.05) is 209 Å². The molecule has 1 N–H and O–H groups in total. The first-order valence-electron chi connectivity index (χ1n) is 44.2. The van der Waals surface area contributed by atoms with E-state index in [1.165, 1.54) is 53.7 Å². The first-order chi connectivity index (χ1) is 65.9. The van der Waals surface area contributed by atoms with Crippen LogP contribution in [0.5, 0.6) is 0 Å². The van der Waals surface area contributed by atoms with E-state index in [4.69, 9.17) is 127 Å². The van der Waals surface area contributed by atoms with E-state index in [1.807, 2.05) is 56.6 Å². The Morgan fingerprint density at radius 1 is 0.374 bits per heavy atom. The fourth-order valence-electron chi connectivity index (χ4n) is 16.9. The molecule has 0 radical (unpaired) electrons. The van der Waals surface area contributed by atoms with Gasteiger partial charge in [-0.3, -0.25) is 74.0 Å². The molecule has 47 heteroatoms. The molecule has 4 amide bonds. The topological polar surface area (TPSA) is 349 Å². The predicted octanol–water partition coefficient (Wildman–Crippen LogP) is 12.3. The van der Waals surface area contributed by atoms with Crippen molar-refractivity contribution in [3.05, 3.63) is 209 Å². The molecule has 6 fully saturated rings. The number of halogens is 8. The minimum absolute atomic E-state index is 0.0141. The van der Waals surface area contributed by atoms with Crippen LogP contribution in [0.2, 0.25) is 40.2 Å². The smallest absolute Gasteiger partial charge is 0.248 e. The Hall–Kier alpha value is -9.44. The van der Waals surface area contributed by atoms with Gasteiger partial charge in [0.05, 0.1) is 152 Å². The van der Waals surface area contributed by atoms with E-state index in [0.29, 0.717) is 253 Å². The number of ether oxygens (including phenoxy) is 3. The summed E-state index contributed by atoms with van der Waals surface area (Å²) < 4.78 is 125. The van der Waals surface area contributed by atoms with Gasteiger partial charge in [-0.15, -0.1) is 0 Å². The van der Waals surface area contributed by atoms with Crippen molar-refractivity contribution in [3.8, 4) is 45.0 Å². The zero-order valence-electron chi connectivity index (χ0n) is 77.5. The van der Waals surface area contributed by atoms with Crippen LogP contribution in [-0.2, 0) is 99.7 Å². The molecule has 6 aliphatic rings. The van der Waals surface area contributed by atoms with Crippen LogP contribution in [0.15, 0.2) is 146 Å². The standard InChI is InChI=1S/C24H27Cl2N5O4S.C23H25Cl2N5O4S.C23H27Cl2N5O4S.C22H25Cl2N5O3S/c1-28(36(2,33)34)18-4-6-22-27-23(19-5-3-17(25)11-20(19)26)21(31(22)12-18)13-29-7-9-30(10-8-29)24(32)16-14-35-15-16;1-35(32,33)27-17-3-5-21-26-22(18-4-2-16(24)10-19(18)25)20(30(21)11-17)12-28-6-8-29(9-7-28)23(31)15-13-34-14-15;1-27(35(3,32)33)17-5-7-21-26-23(18-6-4-16(24)12-19(18)25)20(30(21)13-17)14-28-8-10-29(11-9-28)22(31)15-34-2;1-15(30)28-10-8-27(9-11-28)14-20-22(18-6-4-16(23)12-19(18)24)25-21-7-5-17(13-29(20)21)26(2)33(3,31)32/h3-6,11-12,16H,7-10,13-15H2,1-2H3;2-5,10-11,15,27H,6-9,12-14H2,1H3;4-7,12-13H,8-11,14-15H2,1-3H3;4-7,12-13H,8-11,14H2,1-3H3. The molecule has 14 heterocycles. The molecule has 0 atom stereocenters. The molecule has 139 heavy (non-hydrogen) atoms. The molecular weight excluding hydrogens is 2040 g/mol. The van der Waals surface area contributed by atoms with Crippen LogP contribution in [0.3, 0.4) is 0 Å². The van der Waals surface area contributed by atoms with Crippen molar-refractivity contribution in [1.29, 1.82) is 0 Å². The van der Waals surface area contributed by atoms with Gasteiger partial charge in [0.1, 0.15) is 29.2 Å². The van der Waals surface area contributed by atoms with E-state index in [0.717, 1.165) is 70.6 Å². The van der Waals surface area contributed by atoms with Gasteiger partial charge in [0.2, 0.25) is 63.7 Å². The highest BCUT2D eigenvalue weighted by Crippen LogP contribution is 2.41. The number of pyridine rings is 4. The third-order valence-electron chi connectivity index (χ3n) is 25.1. The largest absolute Gasteiger partial charge is 0.380 e. The molecule has 6 aliphatic heterocycles. The number of amides is 4. The fraction of sp³-hybridized carbons (Fsp3) is 0.391. The summed E-state index contributed by atoms with van der Waals surface area (Å²) in [4.78, 5) is 84.8. The number of hydrogen-bond acceptors (Lipinski definition) is 23. The average Bonchev–Trinajstić information content (AvgIpc) is 1.62. The molecule has 8 aromatic heterocycles. The van der Waals surface area contributed by atoms with Crippen LogP contribution in [-0.4, -0.2) is 325 Å². The number of carbonyl (C=O) groups excluding carboxylic acids is 4. The molecule has 0 aliphatic carbocycles. The first-order valence-corrected chi connectivity index (χ1v) is 54.7. The zero-order valence-corrected chi connectivity index (χ0v) is 86.8. The number of aromatic nitrogens is 8. The van der Waals surface area contributed by atoms with Crippen molar-refractivity contribution in [2.24, 2.45) is 11.8 Å². The van der Waals surface area contributed by atoms with Crippen LogP contribution in [0.4, 0.5) is 22.7 Å². The van der Waals surface area contributed by atoms with E-state index >= 15 is 0 Å². The zero-order chi connectivity index (χ0) is 99.6. The van der Waals surface area contributed by atoms with Gasteiger partial charge in [-0.1, -0.05) is 92.8 Å². The van der Waals surface area contributed by atoms with E-state index < -0.39 is 40.1 Å². The molecule has 18 rings (SSSR count). The minimum Gasteiger partial charge on any atom is -0.380 e. The number of sulfonamides is 4. The lowest BCUT2D eigenvalue weighted by Gasteiger charge is -2.38. The van der Waals surface area contributed by atoms with Gasteiger partial charge in [0.25, 0.3) is 0 Å². The second-order valence-corrected chi connectivity index (χ2v) is 45.9. The Labute approximate surface area is 846 Å². The number of methoxy groups -OCH3 is 1. The van der Waals surface area contributed by atoms with Gasteiger partial charge in [0, 0.05) is 233 Å². The van der Waals surface area contributed by atoms with Crippen LogP contribution in [0, 0.1) is 11.8 Å². The summed E-state index contributed by atoms with van der Waals surface area (Å²) in [6.45, 7) is 16.6. The summed E-state index contributed by atoms with van der Waals surface area (Å²) in [6.07, 6.45) is 11.7. The van der Waals surface area contributed by atoms with Gasteiger partial charge in [-0.2, -0.15) is 0 Å². The van der Waals surface area contributed by atoms with Gasteiger partial charge in [0.15, 0.2) is 0 Å². The highest BCUT2D eigenvalue weighted by molar-refractivity contribution is 7.92. The second kappa shape index (κ2) is 43.8. The Kier molecular flexibility index (Phi) is 32.7. The number of piperazine rings is 4. The summed E-state index contributed by atoms with van der Waals surface area (Å²) in [5.41, 5.74) is 14.0. The lowest BCUT2D eigenvalue weighted by atomic mass is 10.1. The van der Waals surface area contributed by atoms with Crippen molar-refractivity contribution < 1.29 is 67.1 Å². The third-order valence-corrected chi connectivity index (χ3v) is 31.5. The maximum absolute atomic E-state index is 12.6. The summed E-state index contributed by atoms with van der Waals surface area (Å²) in [6, 6.07) is 35.1. The summed E-state index contributed by atoms with van der Waals surface area (Å²) in [5.74, 6) is 0.350. The van der Waals surface area contributed by atoms with Gasteiger partial charge < -0.3 is 33.8 Å². The number of nitrogens with one attached hydrogen (secondary N) is 1. The van der Waals surface area contributed by atoms with Crippen LogP contribution in [0.1, 0.15) is 29.7 Å². The van der Waals surface area contributed by atoms with Gasteiger partial charge in [-0.05, 0) is 121 Å². The van der Waals surface area contributed by atoms with Gasteiger partial charge >= 0.3 is 0 Å². The number of carbonyl (C=O) groups is 4. The Bertz CT molecular complexity index is 7140. The molecule has 35 nitrogen and oxygen atoms in total. The fourth-order valence-corrected chi connectivity index (χ4v) is 20.9. The molecule has 742 valence electrons. The third kappa shape index (κ3) is 24.7. The molecule has 6 saturated heterocycles. The molecule has 0 bridgehead atoms. The van der Waals surface area contributed by atoms with Crippen molar-refractivity contribution >= 4 is 202 Å². The van der Waals surface area contributed by atoms with E-state index in [2.05, 4.69) is 24.3 Å². The van der Waals surface area contributed by atoms with Crippen LogP contribution in [0.25, 0.3) is 67.6 Å². The van der Waals surface area contributed by atoms with Crippen molar-refractivity contribution in [3.63, 3.8) is 0 Å². The second-order valence-electron chi connectivity index (χ2n) is 34.7. The molecule has 0 saturated carbocycles. The maximum Gasteiger partial charge on any atom is 0.248 e. The van der Waals surface area contributed by atoms with E-state index in [9.17, 15) is 52.8 Å². The van der Waals surface area contributed by atoms with E-state index in [-0.39, 0.29) is 42.1 Å². The van der Waals surface area contributed by atoms with Crippen molar-refractivity contribution in [2.45, 2.75) is 33.1 Å². The Morgan fingerprint density at radius 2 is 0.640 bits per heavy atom. The summed E-state index contributed by atoms with van der Waals surface area (Å²) in [5, 5.41) is 4.05. The average molecular weight is 2140 g/mol. The maximum atomic E-state index is 12.6. The number of imidazole rings is 4. The minimum atomic E-state index is -3.44. The molecule has 0 spiro atoms. The van der Waals surface area contributed by atoms with Crippen LogP contribution >= 0.6 is 92.8 Å². The number of rotatable bonds is 24. The summed E-state index contributed by atoms with van der Waals surface area (Å²) in [7, 11) is -7.66. The van der Waals surface area contributed by atoms with Gasteiger partial charge in [-0.25, -0.2) is 53.6 Å². The highest BCUT2D eigenvalue weighted by Gasteiger charge is 2.37. The lowest BCUT2D eigenvalue weighted by Crippen LogP contribution is -2.53. The molecule has 4 aromatic carbocycles. The Morgan fingerprint density at radius 3 is 0.885 bits per heavy atom. The van der Waals surface area contributed by atoms with E-state index in [1.54, 1.807) is 134 Å². The summed E-state index contributed by atoms with van der Waals surface area (Å²) >= 11 is 50.6. The molecule has 0 unspecified atom stereocenters. The number of anilines is 4. The Balaban J connectivity index is 0.000000140. The molecule has 12 aromatic rings. The predicted molar refractivity (Wildman–Crippen MR) is 544 cm³/mol. The van der Waals surface area contributed by atoms with Crippen LogP contribution < -0.4 is 17.6 Å². The number of hydrogen-bond donors (Lipinski definition) is 1. The monoisotopic (exact) mass is 2140 g/mol. The SMILES string of the molecule is CC(=O)N1CCN(Cc2c(-c3ccc(Cl)cc3Cl)nc3ccc(N(C)S(C)(=O)=O)cn23)CC1.CN(c1ccc2nc(-c3ccc(Cl)cc3Cl)c(CN3CCN(C(=O)C4COC4)CC3)n2c1)S(C)(=O)=O.COCC(=O)N1CCN(Cc2c(-c3ccc(Cl)cc3Cl)nc3ccc(N(C)S(C)(=O)=O)cn23)CC1.CS(=O)(=O)Nc1ccc2nc(-c3ccc(Cl)cc3Cl)c(CN3CCN(C(=O)C4COC4)CC3)n2c1. The first kappa shape index (κ1) is 104. The quantitative estimate of drug-likeness (QED) is 0.0587. The molecular formula is C92H104Cl8N20O15S4. The number of fused-ring (bicyclic) bond motifs is 4. The number of nitrogens with zero attached hydrogens (tertiary/aromatic N) is 19. The normalized spacial score (nSPS) is 16.3. The van der Waals surface area contributed by atoms with Crippen molar-refractivity contribution in [1.82, 2.24) is 76.7 Å². The highest BCUT2D eigenvalue weighted by atomic mass is 35.5.